The Hall–Kier alpha value is -1.63. The summed E-state index contributed by atoms with van der Waals surface area (Å²) >= 11 is 0. The van der Waals surface area contributed by atoms with Crippen LogP contribution in [0.15, 0.2) is 11.6 Å². The molecule has 0 aromatic rings. The van der Waals surface area contributed by atoms with Crippen LogP contribution in [0, 0.1) is 68.0 Å². The molecule has 5 aliphatic rings. The van der Waals surface area contributed by atoms with E-state index in [9.17, 15) is 14.9 Å². The third-order valence-electron chi connectivity index (χ3n) is 13.0. The lowest BCUT2D eigenvalue weighted by Gasteiger charge is -2.71. The summed E-state index contributed by atoms with van der Waals surface area (Å²) in [7, 11) is 0. The van der Waals surface area contributed by atoms with Gasteiger partial charge < -0.3 is 4.74 Å². The van der Waals surface area contributed by atoms with E-state index in [1.54, 1.807) is 0 Å². The van der Waals surface area contributed by atoms with Gasteiger partial charge in [0.05, 0.1) is 11.5 Å². The Morgan fingerprint density at radius 3 is 2.39 bits per heavy atom. The van der Waals surface area contributed by atoms with Gasteiger partial charge in [-0.05, 0) is 110 Å². The van der Waals surface area contributed by atoms with Crippen molar-refractivity contribution in [2.45, 2.75) is 113 Å². The van der Waals surface area contributed by atoms with E-state index in [2.05, 4.69) is 60.6 Å². The molecule has 3 unspecified atom stereocenters. The smallest absolute Gasteiger partial charge is 0.302 e. The topological polar surface area (TPSA) is 67.2 Å². The van der Waals surface area contributed by atoms with Crippen molar-refractivity contribution in [3.8, 4) is 6.07 Å². The quantitative estimate of drug-likeness (QED) is 0.360. The van der Waals surface area contributed by atoms with Crippen molar-refractivity contribution in [1.29, 1.82) is 5.26 Å². The van der Waals surface area contributed by atoms with Crippen LogP contribution in [0.25, 0.3) is 0 Å². The van der Waals surface area contributed by atoms with Gasteiger partial charge in [-0.3, -0.25) is 9.59 Å². The predicted molar refractivity (Wildman–Crippen MR) is 141 cm³/mol. The number of rotatable bonds is 1. The summed E-state index contributed by atoms with van der Waals surface area (Å²) in [6, 6.07) is 2.77. The van der Waals surface area contributed by atoms with Crippen molar-refractivity contribution in [2.75, 3.05) is 0 Å². The molecule has 0 aliphatic heterocycles. The SMILES string of the molecule is CC(=O)O[C@@H]1CC[C@@]2(C)C(C1)[C@](C)(C#N)C[C@]1(C)C2C(=O)C=C2C3[C@@H](C)[C@H](C)CC[C@]3(C)CC[C@]21C. The first kappa shape index (κ1) is 26.0. The summed E-state index contributed by atoms with van der Waals surface area (Å²) < 4.78 is 5.66. The lowest BCUT2D eigenvalue weighted by atomic mass is 9.32. The van der Waals surface area contributed by atoms with Gasteiger partial charge in [-0.15, -0.1) is 0 Å². The minimum atomic E-state index is -0.559. The number of ketones is 1. The highest BCUT2D eigenvalue weighted by Gasteiger charge is 2.72. The van der Waals surface area contributed by atoms with Gasteiger partial charge in [-0.1, -0.05) is 47.1 Å². The van der Waals surface area contributed by atoms with Gasteiger partial charge in [0.25, 0.3) is 0 Å². The lowest BCUT2D eigenvalue weighted by Crippen LogP contribution is -2.68. The molecule has 0 aromatic carbocycles. The standard InChI is InChI=1S/C32H47NO3/c1-19-9-11-28(4)13-14-31(7)23(26(28)20(19)2)16-24(35)27-30(6)12-10-22(36-21(3)34)15-25(30)29(5,18-33)17-32(27,31)8/h16,19-20,22,25-27H,9-15,17H2,1-8H3/t19-,20+,22-,25?,26?,27?,28-,29+,30+,31-,32-/m1/s1. The van der Waals surface area contributed by atoms with Crippen LogP contribution in [0.1, 0.15) is 107 Å². The van der Waals surface area contributed by atoms with E-state index >= 15 is 0 Å². The number of esters is 1. The largest absolute Gasteiger partial charge is 0.463 e. The molecule has 4 nitrogen and oxygen atoms in total. The second-order valence-electron chi connectivity index (χ2n) is 15.0. The fourth-order valence-electron chi connectivity index (χ4n) is 11.0. The zero-order valence-corrected chi connectivity index (χ0v) is 23.9. The average molecular weight is 494 g/mol. The van der Waals surface area contributed by atoms with Crippen molar-refractivity contribution in [3.05, 3.63) is 11.6 Å². The van der Waals surface area contributed by atoms with Gasteiger partial charge in [-0.25, -0.2) is 0 Å². The van der Waals surface area contributed by atoms with Crippen molar-refractivity contribution < 1.29 is 14.3 Å². The molecule has 0 spiro atoms. The molecule has 36 heavy (non-hydrogen) atoms. The molecule has 0 radical (unpaired) electrons. The maximum absolute atomic E-state index is 14.4. The zero-order chi connectivity index (χ0) is 26.5. The summed E-state index contributed by atoms with van der Waals surface area (Å²) in [6.07, 6.45) is 9.83. The second kappa shape index (κ2) is 7.94. The van der Waals surface area contributed by atoms with E-state index in [1.807, 2.05) is 0 Å². The third-order valence-corrected chi connectivity index (χ3v) is 13.0. The zero-order valence-electron chi connectivity index (χ0n) is 23.9. The highest BCUT2D eigenvalue weighted by Crippen LogP contribution is 2.76. The first-order valence-corrected chi connectivity index (χ1v) is 14.5. The highest BCUT2D eigenvalue weighted by molar-refractivity contribution is 5.95. The van der Waals surface area contributed by atoms with Crippen LogP contribution in [0.3, 0.4) is 0 Å². The first-order valence-electron chi connectivity index (χ1n) is 14.5. The molecule has 0 N–H and O–H groups in total. The number of nitriles is 1. The number of nitrogens with zero attached hydrogens (tertiary/aromatic N) is 1. The normalized spacial score (nSPS) is 54.1. The van der Waals surface area contributed by atoms with Gasteiger partial charge in [0.15, 0.2) is 5.78 Å². The summed E-state index contributed by atoms with van der Waals surface area (Å²) in [6.45, 7) is 18.0. The van der Waals surface area contributed by atoms with Gasteiger partial charge in [0.1, 0.15) is 6.10 Å². The van der Waals surface area contributed by atoms with E-state index in [1.165, 1.54) is 31.8 Å². The van der Waals surface area contributed by atoms with Crippen molar-refractivity contribution in [3.63, 3.8) is 0 Å². The van der Waals surface area contributed by atoms with Gasteiger partial charge in [-0.2, -0.15) is 5.26 Å². The van der Waals surface area contributed by atoms with Crippen molar-refractivity contribution >= 4 is 11.8 Å². The predicted octanol–water partition coefficient (Wildman–Crippen LogP) is 7.28. The monoisotopic (exact) mass is 493 g/mol. The van der Waals surface area contributed by atoms with E-state index in [0.29, 0.717) is 30.0 Å². The third kappa shape index (κ3) is 3.23. The van der Waals surface area contributed by atoms with Gasteiger partial charge in [0, 0.05) is 12.8 Å². The lowest BCUT2D eigenvalue weighted by molar-refractivity contribution is -0.204. The van der Waals surface area contributed by atoms with Crippen molar-refractivity contribution in [1.82, 2.24) is 0 Å². The van der Waals surface area contributed by atoms with E-state index in [4.69, 9.17) is 4.74 Å². The number of hydrogen-bond acceptors (Lipinski definition) is 4. The Balaban J connectivity index is 1.64. The summed E-state index contributed by atoms with van der Waals surface area (Å²) in [5.41, 5.74) is 0.497. The number of hydrogen-bond donors (Lipinski definition) is 0. The maximum atomic E-state index is 14.4. The first-order chi connectivity index (χ1) is 16.7. The van der Waals surface area contributed by atoms with Gasteiger partial charge in [0.2, 0.25) is 0 Å². The summed E-state index contributed by atoms with van der Waals surface area (Å²) in [5, 5.41) is 10.7. The van der Waals surface area contributed by atoms with Crippen molar-refractivity contribution in [2.24, 2.45) is 56.7 Å². The average Bonchev–Trinajstić information content (AvgIpc) is 2.79. The van der Waals surface area contributed by atoms with Crippen LogP contribution in [-0.4, -0.2) is 17.9 Å². The van der Waals surface area contributed by atoms with Crippen LogP contribution >= 0.6 is 0 Å². The van der Waals surface area contributed by atoms with E-state index in [0.717, 1.165) is 25.7 Å². The Morgan fingerprint density at radius 1 is 1.06 bits per heavy atom. The molecule has 198 valence electrons. The minimum Gasteiger partial charge on any atom is -0.463 e. The molecule has 0 aromatic heterocycles. The summed E-state index contributed by atoms with van der Waals surface area (Å²) in [5.74, 6) is 1.67. The maximum Gasteiger partial charge on any atom is 0.302 e. The highest BCUT2D eigenvalue weighted by atomic mass is 16.5. The fraction of sp³-hybridized carbons (Fsp3) is 0.844. The van der Waals surface area contributed by atoms with Crippen LogP contribution in [0.5, 0.6) is 0 Å². The minimum absolute atomic E-state index is 0.0381. The molecule has 11 atom stereocenters. The van der Waals surface area contributed by atoms with Crippen LogP contribution < -0.4 is 0 Å². The molecule has 0 bridgehead atoms. The molecule has 4 fully saturated rings. The van der Waals surface area contributed by atoms with Crippen LogP contribution in [0.4, 0.5) is 0 Å². The molecular formula is C32H47NO3. The number of allylic oxidation sites excluding steroid dienone is 2. The second-order valence-corrected chi connectivity index (χ2v) is 15.0. The Kier molecular flexibility index (Phi) is 5.73. The Morgan fingerprint density at radius 2 is 1.75 bits per heavy atom. The number of fused-ring (bicyclic) bond motifs is 7. The summed E-state index contributed by atoms with van der Waals surface area (Å²) in [4.78, 5) is 26.1. The Bertz CT molecular complexity index is 1060. The number of carbonyl (C=O) groups excluding carboxylic acids is 2. The Labute approximate surface area is 218 Å². The molecule has 0 saturated heterocycles. The van der Waals surface area contributed by atoms with Gasteiger partial charge >= 0.3 is 5.97 Å². The number of carbonyl (C=O) groups is 2. The van der Waals surface area contributed by atoms with E-state index < -0.39 is 5.41 Å². The van der Waals surface area contributed by atoms with Crippen LogP contribution in [0.2, 0.25) is 0 Å². The molecular weight excluding hydrogens is 446 g/mol. The molecule has 5 rings (SSSR count). The van der Waals surface area contributed by atoms with Crippen LogP contribution in [-0.2, 0) is 14.3 Å². The van der Waals surface area contributed by atoms with E-state index in [-0.39, 0.29) is 45.6 Å². The molecule has 5 aliphatic carbocycles. The molecule has 0 amide bonds. The fourth-order valence-corrected chi connectivity index (χ4v) is 11.0. The molecule has 0 heterocycles. The number of ether oxygens (including phenoxy) is 1. The molecule has 4 heteroatoms. The molecule has 4 saturated carbocycles.